The number of aromatic nitrogens is 2. The van der Waals surface area contributed by atoms with E-state index in [0.717, 1.165) is 39.9 Å². The lowest BCUT2D eigenvalue weighted by molar-refractivity contribution is 0.136. The normalized spacial score (nSPS) is 16.3. The molecule has 4 rings (SSSR count). The van der Waals surface area contributed by atoms with E-state index in [1.807, 2.05) is 76.2 Å². The Bertz CT molecular complexity index is 1130. The fraction of sp³-hybridized carbons (Fsp3) is 0.346. The van der Waals surface area contributed by atoms with Gasteiger partial charge in [0.2, 0.25) is 5.82 Å². The van der Waals surface area contributed by atoms with E-state index in [4.69, 9.17) is 14.2 Å². The molecule has 0 aliphatic carbocycles. The molecule has 1 aromatic heterocycles. The number of hydrogen-bond donors (Lipinski definition) is 1. The third kappa shape index (κ3) is 4.98. The number of aryl methyl sites for hydroxylation is 2. The second-order valence-corrected chi connectivity index (χ2v) is 8.28. The minimum atomic E-state index is -0.382. The summed E-state index contributed by atoms with van der Waals surface area (Å²) in [6.45, 7) is 9.78. The highest BCUT2D eigenvalue weighted by Gasteiger charge is 2.35. The first-order valence-electron chi connectivity index (χ1n) is 11.3. The number of amides is 2. The molecule has 0 saturated carbocycles. The average molecular weight is 447 g/mol. The molecule has 172 valence electrons. The topological polar surface area (TPSA) is 80.5 Å². The summed E-state index contributed by atoms with van der Waals surface area (Å²) in [5.41, 5.74) is 5.78. The number of urea groups is 1. The summed E-state index contributed by atoms with van der Waals surface area (Å²) in [5, 5.41) is 7.37. The Balaban J connectivity index is 1.73. The van der Waals surface area contributed by atoms with E-state index in [0.29, 0.717) is 31.5 Å². The molecule has 0 saturated heterocycles. The fourth-order valence-electron chi connectivity index (χ4n) is 3.96. The first-order valence-corrected chi connectivity index (χ1v) is 11.3. The molecule has 1 unspecified atom stereocenters. The van der Waals surface area contributed by atoms with Crippen LogP contribution in [0.25, 0.3) is 17.0 Å². The third-order valence-electron chi connectivity index (χ3n) is 5.85. The van der Waals surface area contributed by atoms with Gasteiger partial charge >= 0.3 is 6.03 Å². The maximum absolute atomic E-state index is 13.0. The number of ether oxygens (including phenoxy) is 1. The van der Waals surface area contributed by atoms with Gasteiger partial charge in [0.15, 0.2) is 0 Å². The Labute approximate surface area is 194 Å². The van der Waals surface area contributed by atoms with Crippen LogP contribution in [0, 0.1) is 13.8 Å². The van der Waals surface area contributed by atoms with Crippen LogP contribution in [-0.2, 0) is 4.74 Å². The van der Waals surface area contributed by atoms with Gasteiger partial charge < -0.3 is 14.6 Å². The number of benzene rings is 2. The molecular formula is C26H30N4O3. The van der Waals surface area contributed by atoms with Gasteiger partial charge in [0.25, 0.3) is 5.89 Å². The number of carbonyl (C=O) groups is 1. The van der Waals surface area contributed by atoms with Gasteiger partial charge in [-0.1, -0.05) is 64.8 Å². The van der Waals surface area contributed by atoms with Crippen molar-refractivity contribution >= 4 is 11.6 Å². The van der Waals surface area contributed by atoms with Crippen LogP contribution in [-0.4, -0.2) is 40.8 Å². The van der Waals surface area contributed by atoms with Crippen LogP contribution < -0.4 is 5.32 Å². The molecule has 7 nitrogen and oxygen atoms in total. The van der Waals surface area contributed by atoms with Crippen molar-refractivity contribution in [2.75, 3.05) is 19.8 Å². The van der Waals surface area contributed by atoms with Gasteiger partial charge in [-0.3, -0.25) is 4.90 Å². The molecule has 1 atom stereocenters. The highest BCUT2D eigenvalue weighted by Crippen LogP contribution is 2.37. The van der Waals surface area contributed by atoms with E-state index in [1.165, 1.54) is 0 Å². The summed E-state index contributed by atoms with van der Waals surface area (Å²) in [5.74, 6) is 0.927. The fourth-order valence-corrected chi connectivity index (χ4v) is 3.96. The van der Waals surface area contributed by atoms with Gasteiger partial charge in [-0.2, -0.15) is 4.98 Å². The van der Waals surface area contributed by atoms with E-state index in [2.05, 4.69) is 10.5 Å². The van der Waals surface area contributed by atoms with E-state index < -0.39 is 0 Å². The molecule has 1 aliphatic heterocycles. The zero-order chi connectivity index (χ0) is 23.4. The maximum Gasteiger partial charge on any atom is 0.322 e. The second-order valence-electron chi connectivity index (χ2n) is 8.28. The van der Waals surface area contributed by atoms with Crippen molar-refractivity contribution in [2.24, 2.45) is 0 Å². The van der Waals surface area contributed by atoms with Gasteiger partial charge in [0.05, 0.1) is 11.6 Å². The lowest BCUT2D eigenvalue weighted by Gasteiger charge is -2.35. The molecule has 2 amide bonds. The number of rotatable bonds is 8. The van der Waals surface area contributed by atoms with Crippen LogP contribution in [0.2, 0.25) is 0 Å². The third-order valence-corrected chi connectivity index (χ3v) is 5.85. The average Bonchev–Trinajstić information content (AvgIpc) is 3.29. The molecule has 2 heterocycles. The molecule has 7 heteroatoms. The molecule has 3 aromatic rings. The first kappa shape index (κ1) is 22.7. The molecule has 1 N–H and O–H groups in total. The van der Waals surface area contributed by atoms with Gasteiger partial charge in [-0.05, 0) is 39.7 Å². The summed E-state index contributed by atoms with van der Waals surface area (Å²) in [6, 6.07) is 15.6. The van der Waals surface area contributed by atoms with Crippen LogP contribution in [0.15, 0.2) is 58.8 Å². The molecule has 0 spiro atoms. The highest BCUT2D eigenvalue weighted by atomic mass is 16.5. The molecule has 0 bridgehead atoms. The Morgan fingerprint density at radius 2 is 1.70 bits per heavy atom. The predicted molar refractivity (Wildman–Crippen MR) is 127 cm³/mol. The van der Waals surface area contributed by atoms with E-state index in [1.54, 1.807) is 4.90 Å². The summed E-state index contributed by atoms with van der Waals surface area (Å²) in [6.07, 6.45) is 0.736. The Morgan fingerprint density at radius 1 is 1.03 bits per heavy atom. The minimum absolute atomic E-state index is 0.142. The second kappa shape index (κ2) is 10.0. The Kier molecular flexibility index (Phi) is 6.89. The zero-order valence-corrected chi connectivity index (χ0v) is 19.6. The van der Waals surface area contributed by atoms with Crippen molar-refractivity contribution < 1.29 is 14.1 Å². The molecule has 33 heavy (non-hydrogen) atoms. The highest BCUT2D eigenvalue weighted by molar-refractivity contribution is 5.86. The predicted octanol–water partition coefficient (Wildman–Crippen LogP) is 5.28. The van der Waals surface area contributed by atoms with Gasteiger partial charge in [-0.15, -0.1) is 0 Å². The van der Waals surface area contributed by atoms with Crippen molar-refractivity contribution in [3.05, 3.63) is 76.8 Å². The SMILES string of the molecule is CCOCCCN1C(=O)NC(c2ccc(C)cc2)C(c2nc(-c3ccc(C)cc3)no2)=C1C. The largest absolute Gasteiger partial charge is 0.382 e. The lowest BCUT2D eigenvalue weighted by atomic mass is 9.94. The van der Waals surface area contributed by atoms with Crippen LogP contribution in [0.5, 0.6) is 0 Å². The smallest absolute Gasteiger partial charge is 0.322 e. The van der Waals surface area contributed by atoms with Gasteiger partial charge in [0, 0.05) is 31.0 Å². The van der Waals surface area contributed by atoms with Crippen molar-refractivity contribution in [1.29, 1.82) is 0 Å². The van der Waals surface area contributed by atoms with Crippen LogP contribution in [0.3, 0.4) is 0 Å². The molecule has 2 aromatic carbocycles. The van der Waals surface area contributed by atoms with Crippen molar-refractivity contribution in [2.45, 2.75) is 40.2 Å². The maximum atomic E-state index is 13.0. The van der Waals surface area contributed by atoms with Crippen molar-refractivity contribution in [3.8, 4) is 11.4 Å². The standard InChI is InChI=1S/C26H30N4O3/c1-5-32-16-6-15-30-19(4)22(23(27-26(30)31)20-11-7-17(2)8-12-20)25-28-24(29-33-25)21-13-9-18(3)10-14-21/h7-14,23H,5-6,15-16H2,1-4H3,(H,27,31). The number of nitrogens with one attached hydrogen (secondary N) is 1. The first-order chi connectivity index (χ1) is 16.0. The summed E-state index contributed by atoms with van der Waals surface area (Å²) in [4.78, 5) is 19.5. The quantitative estimate of drug-likeness (QED) is 0.476. The number of hydrogen-bond acceptors (Lipinski definition) is 5. The molecule has 0 radical (unpaired) electrons. The van der Waals surface area contributed by atoms with Crippen molar-refractivity contribution in [3.63, 3.8) is 0 Å². The zero-order valence-electron chi connectivity index (χ0n) is 19.6. The van der Waals surface area contributed by atoms with Crippen LogP contribution in [0.4, 0.5) is 4.79 Å². The molecular weight excluding hydrogens is 416 g/mol. The van der Waals surface area contributed by atoms with E-state index in [-0.39, 0.29) is 12.1 Å². The van der Waals surface area contributed by atoms with Crippen LogP contribution in [0.1, 0.15) is 48.9 Å². The molecule has 1 aliphatic rings. The monoisotopic (exact) mass is 446 g/mol. The Morgan fingerprint density at radius 3 is 2.36 bits per heavy atom. The molecule has 0 fully saturated rings. The minimum Gasteiger partial charge on any atom is -0.382 e. The van der Waals surface area contributed by atoms with Gasteiger partial charge in [-0.25, -0.2) is 4.79 Å². The lowest BCUT2D eigenvalue weighted by Crippen LogP contribution is -2.46. The number of nitrogens with zero attached hydrogens (tertiary/aromatic N) is 3. The number of allylic oxidation sites excluding steroid dienone is 1. The summed E-state index contributed by atoms with van der Waals surface area (Å²) >= 11 is 0. The Hall–Kier alpha value is -3.45. The summed E-state index contributed by atoms with van der Waals surface area (Å²) < 4.78 is 11.2. The van der Waals surface area contributed by atoms with Crippen LogP contribution >= 0.6 is 0 Å². The van der Waals surface area contributed by atoms with Gasteiger partial charge in [0.1, 0.15) is 0 Å². The van der Waals surface area contributed by atoms with Crippen molar-refractivity contribution in [1.82, 2.24) is 20.4 Å². The van der Waals surface area contributed by atoms with E-state index in [9.17, 15) is 4.79 Å². The summed E-state index contributed by atoms with van der Waals surface area (Å²) in [7, 11) is 0. The number of carbonyl (C=O) groups excluding carboxylic acids is 1. The van der Waals surface area contributed by atoms with E-state index >= 15 is 0 Å².